The third-order valence-corrected chi connectivity index (χ3v) is 8.98. The molecule has 2 aromatic carbocycles. The minimum atomic E-state index is -0.112. The summed E-state index contributed by atoms with van der Waals surface area (Å²) in [6.45, 7) is 5.73. The number of para-hydroxylation sites is 1. The van der Waals surface area contributed by atoms with Crippen LogP contribution < -0.4 is 19.1 Å². The van der Waals surface area contributed by atoms with Gasteiger partial charge in [0.2, 0.25) is 6.79 Å². The van der Waals surface area contributed by atoms with E-state index < -0.39 is 0 Å². The molecule has 0 radical (unpaired) electrons. The summed E-state index contributed by atoms with van der Waals surface area (Å²) in [6.07, 6.45) is 9.77. The van der Waals surface area contributed by atoms with Crippen molar-refractivity contribution in [2.24, 2.45) is 5.92 Å². The Morgan fingerprint density at radius 1 is 0.848 bits per heavy atom. The highest BCUT2D eigenvalue weighted by atomic mass is 16.7. The van der Waals surface area contributed by atoms with Crippen LogP contribution in [0.15, 0.2) is 36.4 Å². The Labute approximate surface area is 196 Å². The molecule has 5 nitrogen and oxygen atoms in total. The minimum absolute atomic E-state index is 0.112. The first kappa shape index (κ1) is 20.0. The zero-order valence-electron chi connectivity index (χ0n) is 19.4. The zero-order chi connectivity index (χ0) is 21.8. The molecule has 1 saturated heterocycles. The Bertz CT molecular complexity index is 1040. The van der Waals surface area contributed by atoms with Gasteiger partial charge in [0.25, 0.3) is 0 Å². The van der Waals surface area contributed by atoms with Crippen LogP contribution >= 0.6 is 0 Å². The molecule has 2 fully saturated rings. The van der Waals surface area contributed by atoms with E-state index in [2.05, 4.69) is 40.1 Å². The molecule has 7 rings (SSSR count). The van der Waals surface area contributed by atoms with Crippen molar-refractivity contribution in [3.05, 3.63) is 47.5 Å². The van der Waals surface area contributed by atoms with Crippen LogP contribution in [0.3, 0.4) is 0 Å². The first-order valence-electron chi connectivity index (χ1n) is 13.0. The summed E-state index contributed by atoms with van der Waals surface area (Å²) < 4.78 is 17.6. The van der Waals surface area contributed by atoms with Crippen molar-refractivity contribution in [2.75, 3.05) is 44.5 Å². The molecule has 33 heavy (non-hydrogen) atoms. The molecule has 1 aliphatic carbocycles. The Morgan fingerprint density at radius 2 is 1.64 bits per heavy atom. The van der Waals surface area contributed by atoms with Gasteiger partial charge in [-0.25, -0.2) is 0 Å². The highest BCUT2D eigenvalue weighted by Crippen LogP contribution is 2.54. The van der Waals surface area contributed by atoms with E-state index in [1.165, 1.54) is 74.8 Å². The van der Waals surface area contributed by atoms with Gasteiger partial charge in [-0.3, -0.25) is 0 Å². The van der Waals surface area contributed by atoms with Crippen molar-refractivity contribution in [3.8, 4) is 17.2 Å². The molecule has 0 bridgehead atoms. The second-order valence-corrected chi connectivity index (χ2v) is 10.7. The summed E-state index contributed by atoms with van der Waals surface area (Å²) in [5.74, 6) is 3.46. The molecular weight excluding hydrogens is 412 g/mol. The van der Waals surface area contributed by atoms with E-state index in [0.29, 0.717) is 13.4 Å². The van der Waals surface area contributed by atoms with Gasteiger partial charge in [-0.05, 0) is 68.8 Å². The number of anilines is 1. The van der Waals surface area contributed by atoms with Crippen molar-refractivity contribution in [1.82, 2.24) is 4.90 Å². The molecule has 4 aliphatic heterocycles. The van der Waals surface area contributed by atoms with E-state index in [0.717, 1.165) is 42.3 Å². The summed E-state index contributed by atoms with van der Waals surface area (Å²) in [5.41, 5.74) is 3.93. The SMILES string of the molecule is c1ccc2c(c1)N(CCC1CCN(C3CCCC3)CC1)CC21COc2cc3c(cc21)OCO3. The number of benzene rings is 2. The van der Waals surface area contributed by atoms with Crippen LogP contribution in [0.4, 0.5) is 5.69 Å². The van der Waals surface area contributed by atoms with Gasteiger partial charge in [-0.15, -0.1) is 0 Å². The summed E-state index contributed by atoms with van der Waals surface area (Å²) in [6, 6.07) is 14.0. The molecule has 1 saturated carbocycles. The maximum Gasteiger partial charge on any atom is 0.231 e. The van der Waals surface area contributed by atoms with Gasteiger partial charge in [-0.2, -0.15) is 0 Å². The second-order valence-electron chi connectivity index (χ2n) is 10.7. The molecule has 1 unspecified atom stereocenters. The second kappa shape index (κ2) is 7.83. The third kappa shape index (κ3) is 3.23. The number of likely N-dealkylation sites (tertiary alicyclic amines) is 1. The number of nitrogens with zero attached hydrogens (tertiary/aromatic N) is 2. The summed E-state index contributed by atoms with van der Waals surface area (Å²) >= 11 is 0. The highest BCUT2D eigenvalue weighted by Gasteiger charge is 2.50. The van der Waals surface area contributed by atoms with Crippen LogP contribution in [0.1, 0.15) is 56.1 Å². The number of ether oxygens (including phenoxy) is 3. The van der Waals surface area contributed by atoms with Gasteiger partial charge in [-0.1, -0.05) is 31.0 Å². The molecule has 5 heteroatoms. The Morgan fingerprint density at radius 3 is 2.48 bits per heavy atom. The summed E-state index contributed by atoms with van der Waals surface area (Å²) in [5, 5.41) is 0. The molecule has 0 amide bonds. The summed E-state index contributed by atoms with van der Waals surface area (Å²) in [7, 11) is 0. The lowest BCUT2D eigenvalue weighted by Gasteiger charge is -2.36. The topological polar surface area (TPSA) is 34.2 Å². The van der Waals surface area contributed by atoms with Gasteiger partial charge >= 0.3 is 0 Å². The van der Waals surface area contributed by atoms with Crippen molar-refractivity contribution < 1.29 is 14.2 Å². The van der Waals surface area contributed by atoms with Crippen molar-refractivity contribution >= 4 is 5.69 Å². The standard InChI is InChI=1S/C28H34N2O3/c1-2-6-21(5-1)29-12-9-20(10-13-29)11-14-30-17-28(22-7-3-4-8-24(22)30)18-31-25-16-27-26(15-23(25)28)32-19-33-27/h3-4,7-8,15-16,20-21H,1-2,5-6,9-14,17-19H2. The molecule has 0 aromatic heterocycles. The molecule has 4 heterocycles. The Balaban J connectivity index is 1.08. The third-order valence-electron chi connectivity index (χ3n) is 8.98. The van der Waals surface area contributed by atoms with E-state index in [4.69, 9.17) is 14.2 Å². The number of hydrogen-bond donors (Lipinski definition) is 0. The summed E-state index contributed by atoms with van der Waals surface area (Å²) in [4.78, 5) is 5.42. The maximum atomic E-state index is 6.25. The number of piperidine rings is 1. The first-order chi connectivity index (χ1) is 16.3. The lowest BCUT2D eigenvalue weighted by molar-refractivity contribution is 0.131. The van der Waals surface area contributed by atoms with Gasteiger partial charge < -0.3 is 24.0 Å². The van der Waals surface area contributed by atoms with Gasteiger partial charge in [0.15, 0.2) is 11.5 Å². The minimum Gasteiger partial charge on any atom is -0.492 e. The number of fused-ring (bicyclic) bond motifs is 5. The molecule has 2 aromatic rings. The quantitative estimate of drug-likeness (QED) is 0.663. The van der Waals surface area contributed by atoms with E-state index in [-0.39, 0.29) is 5.41 Å². The van der Waals surface area contributed by atoms with E-state index in [1.54, 1.807) is 0 Å². The van der Waals surface area contributed by atoms with Crippen molar-refractivity contribution in [2.45, 2.75) is 56.4 Å². The maximum absolute atomic E-state index is 6.25. The van der Waals surface area contributed by atoms with Crippen LogP contribution in [0.25, 0.3) is 0 Å². The van der Waals surface area contributed by atoms with E-state index in [9.17, 15) is 0 Å². The Kier molecular flexibility index (Phi) is 4.75. The van der Waals surface area contributed by atoms with Crippen LogP contribution in [0, 0.1) is 5.92 Å². The Hall–Kier alpha value is -2.40. The smallest absolute Gasteiger partial charge is 0.231 e. The van der Waals surface area contributed by atoms with E-state index >= 15 is 0 Å². The molecule has 5 aliphatic rings. The number of rotatable bonds is 4. The fourth-order valence-corrected chi connectivity index (χ4v) is 7.11. The predicted molar refractivity (Wildman–Crippen MR) is 129 cm³/mol. The molecular formula is C28H34N2O3. The van der Waals surface area contributed by atoms with Gasteiger partial charge in [0, 0.05) is 36.4 Å². The molecule has 0 N–H and O–H groups in total. The van der Waals surface area contributed by atoms with Crippen LogP contribution in [-0.4, -0.2) is 50.5 Å². The molecule has 174 valence electrons. The van der Waals surface area contributed by atoms with Crippen molar-refractivity contribution in [3.63, 3.8) is 0 Å². The fraction of sp³-hybridized carbons (Fsp3) is 0.571. The predicted octanol–water partition coefficient (Wildman–Crippen LogP) is 4.96. The van der Waals surface area contributed by atoms with Crippen molar-refractivity contribution in [1.29, 1.82) is 0 Å². The average Bonchev–Trinajstić information content (AvgIpc) is 3.65. The zero-order valence-corrected chi connectivity index (χ0v) is 19.4. The first-order valence-corrected chi connectivity index (χ1v) is 13.0. The molecule has 1 atom stereocenters. The lowest BCUT2D eigenvalue weighted by atomic mass is 9.77. The molecule has 1 spiro atoms. The number of hydrogen-bond acceptors (Lipinski definition) is 5. The van der Waals surface area contributed by atoms with Gasteiger partial charge in [0.05, 0.1) is 5.41 Å². The van der Waals surface area contributed by atoms with E-state index in [1.807, 2.05) is 6.07 Å². The fourth-order valence-electron chi connectivity index (χ4n) is 7.11. The van der Waals surface area contributed by atoms with Crippen LogP contribution in [0.5, 0.6) is 17.2 Å². The monoisotopic (exact) mass is 446 g/mol. The normalized spacial score (nSPS) is 26.7. The van der Waals surface area contributed by atoms with Gasteiger partial charge in [0.1, 0.15) is 12.4 Å². The van der Waals surface area contributed by atoms with Crippen LogP contribution in [0.2, 0.25) is 0 Å². The highest BCUT2D eigenvalue weighted by molar-refractivity contribution is 5.70. The lowest BCUT2D eigenvalue weighted by Crippen LogP contribution is -2.41. The average molecular weight is 447 g/mol. The van der Waals surface area contributed by atoms with Crippen LogP contribution in [-0.2, 0) is 5.41 Å². The largest absolute Gasteiger partial charge is 0.492 e.